The van der Waals surface area contributed by atoms with E-state index in [4.69, 9.17) is 21.1 Å². The van der Waals surface area contributed by atoms with Gasteiger partial charge < -0.3 is 29.7 Å². The van der Waals surface area contributed by atoms with Crippen molar-refractivity contribution < 1.29 is 33.8 Å². The number of esters is 1. The third-order valence-corrected chi connectivity index (χ3v) is 10.0. The molecule has 3 aliphatic rings. The maximum atomic E-state index is 14.5. The fraction of sp³-hybridized carbons (Fsp3) is 0.412. The molecule has 1 unspecified atom stereocenters. The third-order valence-electron chi connectivity index (χ3n) is 8.85. The van der Waals surface area contributed by atoms with Crippen molar-refractivity contribution in [2.24, 2.45) is 11.8 Å². The number of halogens is 2. The first-order valence-corrected chi connectivity index (χ1v) is 16.5. The molecule has 3 heterocycles. The minimum Gasteiger partial charge on any atom is -0.455 e. The number of nitrogens with zero attached hydrogens (tertiary/aromatic N) is 2. The SMILES string of the molecule is C=CCCC(=O)NC[C@H](OC(=O)[C@H]1[C@@H]2O[C@@]3(CC2Br)[C@@H]1C(=O)N(CCO)[C@@H]3C(=O)N(CC=C)c1ccccc1Cl)c1ccccc1. The number of nitrogens with one attached hydrogen (secondary N) is 1. The van der Waals surface area contributed by atoms with Crippen molar-refractivity contribution in [3.05, 3.63) is 90.5 Å². The molecule has 0 aromatic heterocycles. The van der Waals surface area contributed by atoms with Crippen LogP contribution in [0.15, 0.2) is 79.9 Å². The first kappa shape index (κ1) is 33.8. The first-order chi connectivity index (χ1) is 22.2. The normalized spacial score (nSPS) is 26.7. The van der Waals surface area contributed by atoms with Crippen LogP contribution < -0.4 is 10.2 Å². The molecule has 2 N–H and O–H groups in total. The number of hydrogen-bond acceptors (Lipinski definition) is 7. The number of anilines is 1. The Morgan fingerprint density at radius 1 is 1.17 bits per heavy atom. The summed E-state index contributed by atoms with van der Waals surface area (Å²) in [5.41, 5.74) is -0.264. The van der Waals surface area contributed by atoms with Crippen LogP contribution in [-0.4, -0.2) is 82.5 Å². The van der Waals surface area contributed by atoms with Gasteiger partial charge in [0.05, 0.1) is 41.8 Å². The van der Waals surface area contributed by atoms with E-state index >= 15 is 0 Å². The van der Waals surface area contributed by atoms with Gasteiger partial charge in [0.25, 0.3) is 5.91 Å². The minimum absolute atomic E-state index is 0.0254. The standard InChI is InChI=1S/C34H37BrClN3O7/c1-3-5-15-26(41)37-20-25(21-11-7-6-8-12-21)45-33(44)27-28-31(42)39(17-18-40)30(34(28)19-22(35)29(27)46-34)32(43)38(16-4-2)24-14-10-9-13-23(24)36/h3-4,6-14,22,25,27-30,40H,1-2,5,15-20H2,(H,37,41)/t22?,25-,27+,28-,29+,30+,34-/m0/s1. The summed E-state index contributed by atoms with van der Waals surface area (Å²) in [4.78, 5) is 57.6. The van der Waals surface area contributed by atoms with Crippen molar-refractivity contribution in [3.63, 3.8) is 0 Å². The number of ether oxygens (including phenoxy) is 2. The lowest BCUT2D eigenvalue weighted by Gasteiger charge is -2.37. The Hall–Kier alpha value is -3.51. The molecule has 1 spiro atoms. The Kier molecular flexibility index (Phi) is 10.7. The lowest BCUT2D eigenvalue weighted by molar-refractivity contribution is -0.160. The second-order valence-corrected chi connectivity index (χ2v) is 13.2. The Labute approximate surface area is 281 Å². The molecule has 244 valence electrons. The number of hydrogen-bond donors (Lipinski definition) is 2. The average molecular weight is 715 g/mol. The van der Waals surface area contributed by atoms with Gasteiger partial charge in [-0.25, -0.2) is 0 Å². The number of amides is 3. The minimum atomic E-state index is -1.37. The maximum Gasteiger partial charge on any atom is 0.313 e. The monoisotopic (exact) mass is 713 g/mol. The van der Waals surface area contributed by atoms with Gasteiger partial charge in [-0.05, 0) is 30.5 Å². The van der Waals surface area contributed by atoms with Crippen LogP contribution in [0, 0.1) is 11.8 Å². The zero-order chi connectivity index (χ0) is 33.0. The van der Waals surface area contributed by atoms with Crippen molar-refractivity contribution in [2.45, 2.75) is 47.9 Å². The number of β-amino-alcohol motifs (C(OH)–C–C–N with tert-alkyl or cyclic N) is 1. The molecule has 2 bridgehead atoms. The van der Waals surface area contributed by atoms with E-state index in [9.17, 15) is 24.3 Å². The lowest BCUT2D eigenvalue weighted by atomic mass is 9.70. The zero-order valence-electron chi connectivity index (χ0n) is 25.2. The Balaban J connectivity index is 1.47. The van der Waals surface area contributed by atoms with E-state index in [1.165, 1.54) is 9.80 Å². The average Bonchev–Trinajstić information content (AvgIpc) is 3.64. The summed E-state index contributed by atoms with van der Waals surface area (Å²) in [6.07, 6.45) is 2.65. The number of benzene rings is 2. The van der Waals surface area contributed by atoms with Gasteiger partial charge in [0.1, 0.15) is 17.7 Å². The van der Waals surface area contributed by atoms with Gasteiger partial charge >= 0.3 is 5.97 Å². The largest absolute Gasteiger partial charge is 0.455 e. The molecule has 12 heteroatoms. The number of alkyl halides is 1. The van der Waals surface area contributed by atoms with Gasteiger partial charge in [-0.1, -0.05) is 82.1 Å². The number of carbonyl (C=O) groups excluding carboxylic acids is 4. The molecule has 5 rings (SSSR count). The maximum absolute atomic E-state index is 14.5. The number of rotatable bonds is 14. The summed E-state index contributed by atoms with van der Waals surface area (Å²) in [5, 5.41) is 13.1. The first-order valence-electron chi connectivity index (χ1n) is 15.2. The highest BCUT2D eigenvalue weighted by atomic mass is 79.9. The van der Waals surface area contributed by atoms with Crippen LogP contribution in [0.2, 0.25) is 5.02 Å². The van der Waals surface area contributed by atoms with Gasteiger partial charge in [0.15, 0.2) is 0 Å². The Bertz CT molecular complexity index is 1490. The molecule has 2 aromatic carbocycles. The molecule has 3 amide bonds. The van der Waals surface area contributed by atoms with Crippen molar-refractivity contribution in [1.29, 1.82) is 0 Å². The summed E-state index contributed by atoms with van der Waals surface area (Å²) in [6.45, 7) is 7.04. The quantitative estimate of drug-likeness (QED) is 0.173. The van der Waals surface area contributed by atoms with Gasteiger partial charge in [0, 0.05) is 24.3 Å². The Morgan fingerprint density at radius 3 is 2.57 bits per heavy atom. The molecule has 3 saturated heterocycles. The van der Waals surface area contributed by atoms with Crippen molar-refractivity contribution >= 4 is 56.9 Å². The predicted molar refractivity (Wildman–Crippen MR) is 176 cm³/mol. The topological polar surface area (TPSA) is 125 Å². The second kappa shape index (κ2) is 14.5. The van der Waals surface area contributed by atoms with Crippen LogP contribution in [0.5, 0.6) is 0 Å². The van der Waals surface area contributed by atoms with E-state index in [2.05, 4.69) is 34.4 Å². The highest BCUT2D eigenvalue weighted by Gasteiger charge is 2.77. The Morgan fingerprint density at radius 2 is 1.89 bits per heavy atom. The van der Waals surface area contributed by atoms with Crippen molar-refractivity contribution in [2.75, 3.05) is 31.1 Å². The number of aliphatic hydroxyl groups is 1. The molecule has 10 nitrogen and oxygen atoms in total. The van der Waals surface area contributed by atoms with Crippen molar-refractivity contribution in [3.8, 4) is 0 Å². The van der Waals surface area contributed by atoms with Crippen LogP contribution in [-0.2, 0) is 28.7 Å². The van der Waals surface area contributed by atoms with Gasteiger partial charge in [-0.2, -0.15) is 0 Å². The molecule has 3 aliphatic heterocycles. The number of allylic oxidation sites excluding steroid dienone is 1. The summed E-state index contributed by atoms with van der Waals surface area (Å²) in [5.74, 6) is -3.89. The summed E-state index contributed by atoms with van der Waals surface area (Å²) in [6, 6.07) is 14.7. The molecule has 0 aliphatic carbocycles. The van der Waals surface area contributed by atoms with Crippen molar-refractivity contribution in [1.82, 2.24) is 10.2 Å². The van der Waals surface area contributed by atoms with Crippen LogP contribution in [0.25, 0.3) is 0 Å². The molecule has 0 radical (unpaired) electrons. The summed E-state index contributed by atoms with van der Waals surface area (Å²) < 4.78 is 12.6. The van der Waals surface area contributed by atoms with Crippen LogP contribution in [0.3, 0.4) is 0 Å². The van der Waals surface area contributed by atoms with Gasteiger partial charge in [-0.15, -0.1) is 13.2 Å². The van der Waals surface area contributed by atoms with E-state index in [1.807, 2.05) is 6.07 Å². The molecule has 2 aromatic rings. The molecular weight excluding hydrogens is 678 g/mol. The fourth-order valence-electron chi connectivity index (χ4n) is 6.92. The van der Waals surface area contributed by atoms with E-state index in [1.54, 1.807) is 60.7 Å². The van der Waals surface area contributed by atoms with Crippen LogP contribution >= 0.6 is 27.5 Å². The number of fused-ring (bicyclic) bond motifs is 1. The van der Waals surface area contributed by atoms with E-state index in [0.717, 1.165) is 0 Å². The number of para-hydroxylation sites is 1. The lowest BCUT2D eigenvalue weighted by Crippen LogP contribution is -2.57. The number of carbonyl (C=O) groups is 4. The molecule has 3 fully saturated rings. The van der Waals surface area contributed by atoms with E-state index in [0.29, 0.717) is 22.7 Å². The van der Waals surface area contributed by atoms with Crippen LogP contribution in [0.4, 0.5) is 5.69 Å². The summed E-state index contributed by atoms with van der Waals surface area (Å²) >= 11 is 10.2. The highest BCUT2D eigenvalue weighted by molar-refractivity contribution is 9.09. The second-order valence-electron chi connectivity index (χ2n) is 11.6. The van der Waals surface area contributed by atoms with Crippen LogP contribution in [0.1, 0.15) is 30.9 Å². The molecular formula is C34H37BrClN3O7. The smallest absolute Gasteiger partial charge is 0.313 e. The van der Waals surface area contributed by atoms with E-state index < -0.39 is 60.1 Å². The predicted octanol–water partition coefficient (Wildman–Crippen LogP) is 3.97. The van der Waals surface area contributed by atoms with E-state index in [-0.39, 0.29) is 43.2 Å². The highest BCUT2D eigenvalue weighted by Crippen LogP contribution is 2.60. The molecule has 7 atom stereocenters. The number of aliphatic hydroxyl groups excluding tert-OH is 1. The van der Waals surface area contributed by atoms with Gasteiger partial charge in [-0.3, -0.25) is 19.2 Å². The zero-order valence-corrected chi connectivity index (χ0v) is 27.6. The fourth-order valence-corrected chi connectivity index (χ4v) is 8.10. The van der Waals surface area contributed by atoms with Gasteiger partial charge in [0.2, 0.25) is 11.8 Å². The number of likely N-dealkylation sites (tertiary alicyclic amines) is 1. The molecule has 0 saturated carbocycles. The summed E-state index contributed by atoms with van der Waals surface area (Å²) in [7, 11) is 0. The third kappa shape index (κ3) is 6.25. The molecule has 46 heavy (non-hydrogen) atoms.